The topological polar surface area (TPSA) is 73.0 Å². The number of urea groups is 1. The van der Waals surface area contributed by atoms with Crippen molar-refractivity contribution >= 4 is 17.8 Å². The van der Waals surface area contributed by atoms with E-state index in [1.54, 1.807) is 9.80 Å². The van der Waals surface area contributed by atoms with Crippen molar-refractivity contribution in [3.05, 3.63) is 108 Å². The molecule has 2 saturated heterocycles. The number of hydrogen-bond acceptors (Lipinski definition) is 3. The van der Waals surface area contributed by atoms with E-state index in [2.05, 4.69) is 41.7 Å². The fourth-order valence-corrected chi connectivity index (χ4v) is 6.24. The second-order valence-electron chi connectivity index (χ2n) is 11.7. The van der Waals surface area contributed by atoms with Gasteiger partial charge in [-0.3, -0.25) is 9.59 Å². The number of rotatable bonds is 9. The van der Waals surface area contributed by atoms with Crippen LogP contribution in [-0.2, 0) is 16.0 Å². The van der Waals surface area contributed by atoms with Crippen molar-refractivity contribution in [3.63, 3.8) is 0 Å². The molecule has 0 bridgehead atoms. The Kier molecular flexibility index (Phi) is 9.57. The van der Waals surface area contributed by atoms with E-state index in [-0.39, 0.29) is 42.0 Å². The fraction of sp³-hybridized carbons (Fsp3) is 0.400. The van der Waals surface area contributed by atoms with E-state index in [1.165, 1.54) is 11.1 Å². The zero-order valence-corrected chi connectivity index (χ0v) is 24.7. The maximum atomic E-state index is 13.7. The lowest BCUT2D eigenvalue weighted by Gasteiger charge is -2.43. The third-order valence-electron chi connectivity index (χ3n) is 8.70. The van der Waals surface area contributed by atoms with E-state index in [4.69, 9.17) is 0 Å². The third kappa shape index (κ3) is 6.84. The lowest BCUT2D eigenvalue weighted by Crippen LogP contribution is -2.62. The monoisotopic (exact) mass is 566 g/mol. The molecule has 5 rings (SSSR count). The molecule has 0 aromatic heterocycles. The molecule has 2 atom stereocenters. The van der Waals surface area contributed by atoms with Crippen LogP contribution in [0.3, 0.4) is 0 Å². The highest BCUT2D eigenvalue weighted by Crippen LogP contribution is 2.29. The van der Waals surface area contributed by atoms with Gasteiger partial charge in [0.25, 0.3) is 0 Å². The molecule has 42 heavy (non-hydrogen) atoms. The zero-order valence-electron chi connectivity index (χ0n) is 24.7. The minimum absolute atomic E-state index is 0.0145. The van der Waals surface area contributed by atoms with E-state index < -0.39 is 6.17 Å². The Labute approximate surface area is 249 Å². The quantitative estimate of drug-likeness (QED) is 0.390. The maximum absolute atomic E-state index is 13.7. The minimum Gasteiger partial charge on any atom is -0.338 e. The zero-order chi connectivity index (χ0) is 29.5. The first-order valence-electron chi connectivity index (χ1n) is 15.2. The van der Waals surface area contributed by atoms with Gasteiger partial charge in [-0.05, 0) is 35.4 Å². The van der Waals surface area contributed by atoms with E-state index >= 15 is 0 Å². The second kappa shape index (κ2) is 13.7. The summed E-state index contributed by atoms with van der Waals surface area (Å²) in [6, 6.07) is 30.7. The molecule has 3 aromatic carbocycles. The largest absolute Gasteiger partial charge is 0.338 e. The number of hydrogen-bond donors (Lipinski definition) is 1. The summed E-state index contributed by atoms with van der Waals surface area (Å²) in [5.74, 6) is 0.0243. The van der Waals surface area contributed by atoms with Crippen LogP contribution in [0.4, 0.5) is 4.79 Å². The molecular weight excluding hydrogens is 524 g/mol. The van der Waals surface area contributed by atoms with Crippen LogP contribution in [0.1, 0.15) is 49.3 Å². The van der Waals surface area contributed by atoms with Gasteiger partial charge in [0.1, 0.15) is 6.17 Å². The van der Waals surface area contributed by atoms with Crippen LogP contribution in [0.2, 0.25) is 0 Å². The van der Waals surface area contributed by atoms with Gasteiger partial charge >= 0.3 is 6.03 Å². The summed E-state index contributed by atoms with van der Waals surface area (Å²) in [6.45, 7) is 6.13. The molecule has 1 N–H and O–H groups in total. The maximum Gasteiger partial charge on any atom is 0.319 e. The summed E-state index contributed by atoms with van der Waals surface area (Å²) in [5.41, 5.74) is 3.58. The van der Waals surface area contributed by atoms with Crippen LogP contribution >= 0.6 is 0 Å². The van der Waals surface area contributed by atoms with E-state index in [0.717, 1.165) is 18.4 Å². The number of benzene rings is 3. The predicted molar refractivity (Wildman–Crippen MR) is 165 cm³/mol. The lowest BCUT2D eigenvalue weighted by atomic mass is 9.88. The van der Waals surface area contributed by atoms with Gasteiger partial charge in [0.15, 0.2) is 0 Å². The SMILES string of the molecule is CC(C)[C@@H]1CN2C(=O)CCN(C(=O)NCCC(c3ccccc3)c3ccccc3)C2CN(CCc2ccccc2)C1=O. The molecular formula is C35H42N4O3. The number of carbonyl (C=O) groups is 3. The molecule has 0 aliphatic carbocycles. The van der Waals surface area contributed by atoms with Gasteiger partial charge in [-0.1, -0.05) is 105 Å². The molecule has 0 radical (unpaired) electrons. The van der Waals surface area contributed by atoms with Crippen molar-refractivity contribution in [2.75, 3.05) is 32.7 Å². The van der Waals surface area contributed by atoms with Crippen LogP contribution in [0, 0.1) is 11.8 Å². The van der Waals surface area contributed by atoms with Gasteiger partial charge in [-0.2, -0.15) is 0 Å². The molecule has 4 amide bonds. The van der Waals surface area contributed by atoms with Crippen molar-refractivity contribution in [1.29, 1.82) is 0 Å². The van der Waals surface area contributed by atoms with Gasteiger partial charge < -0.3 is 20.0 Å². The summed E-state index contributed by atoms with van der Waals surface area (Å²) in [5, 5.41) is 3.15. The van der Waals surface area contributed by atoms with Crippen molar-refractivity contribution in [1.82, 2.24) is 20.0 Å². The molecule has 220 valence electrons. The van der Waals surface area contributed by atoms with Gasteiger partial charge in [-0.15, -0.1) is 0 Å². The third-order valence-corrected chi connectivity index (χ3v) is 8.70. The highest BCUT2D eigenvalue weighted by Gasteiger charge is 2.44. The van der Waals surface area contributed by atoms with Gasteiger partial charge in [0.05, 0.1) is 12.5 Å². The molecule has 0 spiro atoms. The number of nitrogens with zero attached hydrogens (tertiary/aromatic N) is 3. The molecule has 2 aliphatic heterocycles. The molecule has 2 fully saturated rings. The Morgan fingerprint density at radius 2 is 1.45 bits per heavy atom. The molecule has 2 aliphatic rings. The summed E-state index contributed by atoms with van der Waals surface area (Å²) in [7, 11) is 0. The van der Waals surface area contributed by atoms with Crippen molar-refractivity contribution < 1.29 is 14.4 Å². The average molecular weight is 567 g/mol. The van der Waals surface area contributed by atoms with E-state index in [9.17, 15) is 14.4 Å². The Morgan fingerprint density at radius 3 is 2.05 bits per heavy atom. The Morgan fingerprint density at radius 1 is 0.857 bits per heavy atom. The normalized spacial score (nSPS) is 19.2. The number of amides is 4. The van der Waals surface area contributed by atoms with Crippen molar-refractivity contribution in [3.8, 4) is 0 Å². The Balaban J connectivity index is 1.30. The fourth-order valence-electron chi connectivity index (χ4n) is 6.24. The summed E-state index contributed by atoms with van der Waals surface area (Å²) >= 11 is 0. The highest BCUT2D eigenvalue weighted by atomic mass is 16.2. The summed E-state index contributed by atoms with van der Waals surface area (Å²) < 4.78 is 0. The first-order chi connectivity index (χ1) is 20.4. The first-order valence-corrected chi connectivity index (χ1v) is 15.2. The molecule has 1 unspecified atom stereocenters. The average Bonchev–Trinajstić information content (AvgIpc) is 3.16. The van der Waals surface area contributed by atoms with Crippen molar-refractivity contribution in [2.45, 2.75) is 45.2 Å². The van der Waals surface area contributed by atoms with Gasteiger partial charge in [-0.25, -0.2) is 4.79 Å². The Bertz CT molecular complexity index is 1290. The molecule has 7 heteroatoms. The molecule has 3 aromatic rings. The van der Waals surface area contributed by atoms with Crippen LogP contribution in [0.25, 0.3) is 0 Å². The lowest BCUT2D eigenvalue weighted by molar-refractivity contribution is -0.142. The van der Waals surface area contributed by atoms with Crippen LogP contribution < -0.4 is 5.32 Å². The van der Waals surface area contributed by atoms with E-state index in [1.807, 2.05) is 73.3 Å². The second-order valence-corrected chi connectivity index (χ2v) is 11.7. The minimum atomic E-state index is -0.478. The number of nitrogens with one attached hydrogen (secondary N) is 1. The molecule has 7 nitrogen and oxygen atoms in total. The van der Waals surface area contributed by atoms with Crippen molar-refractivity contribution in [2.24, 2.45) is 11.8 Å². The molecule has 0 saturated carbocycles. The highest BCUT2D eigenvalue weighted by molar-refractivity contribution is 5.85. The number of carbonyl (C=O) groups excluding carboxylic acids is 3. The Hall–Kier alpha value is -4.13. The van der Waals surface area contributed by atoms with E-state index in [0.29, 0.717) is 32.7 Å². The first kappa shape index (κ1) is 29.4. The van der Waals surface area contributed by atoms with Gasteiger partial charge in [0, 0.05) is 38.5 Å². The summed E-state index contributed by atoms with van der Waals surface area (Å²) in [4.78, 5) is 46.0. The van der Waals surface area contributed by atoms with Gasteiger partial charge in [0.2, 0.25) is 11.8 Å². The standard InChI is InChI=1S/C35H42N4O3/c1-26(2)31-24-39-32(25-37(34(31)41)22-19-27-12-6-3-7-13-27)38(23-20-33(39)40)35(42)36-21-18-30(28-14-8-4-9-15-28)29-16-10-5-11-17-29/h3-17,26,30-32H,18-25H2,1-2H3,(H,36,42)/t31-,32?/m0/s1. The van der Waals surface area contributed by atoms with Crippen LogP contribution in [-0.4, -0.2) is 71.4 Å². The smallest absolute Gasteiger partial charge is 0.319 e. The van der Waals surface area contributed by atoms with Crippen LogP contribution in [0.15, 0.2) is 91.0 Å². The van der Waals surface area contributed by atoms with Crippen LogP contribution in [0.5, 0.6) is 0 Å². The molecule has 2 heterocycles. The predicted octanol–water partition coefficient (Wildman–Crippen LogP) is 5.14. The summed E-state index contributed by atoms with van der Waals surface area (Å²) in [6.07, 6.45) is 1.26. The number of fused-ring (bicyclic) bond motifs is 1.